The van der Waals surface area contributed by atoms with Crippen molar-refractivity contribution in [1.29, 1.82) is 0 Å². The van der Waals surface area contributed by atoms with Gasteiger partial charge < -0.3 is 19.6 Å². The number of rotatable bonds is 3. The molecule has 2 fully saturated rings. The number of piperazine rings is 1. The van der Waals surface area contributed by atoms with E-state index in [2.05, 4.69) is 23.3 Å². The van der Waals surface area contributed by atoms with Crippen LogP contribution in [0.4, 0.5) is 10.2 Å². The first-order valence-electron chi connectivity index (χ1n) is 11.6. The number of aromatic hydroxyl groups is 1. The number of nitrogens with zero attached hydrogens (tertiary/aromatic N) is 4. The van der Waals surface area contributed by atoms with E-state index in [1.165, 1.54) is 24.3 Å². The number of benzene rings is 1. The highest BCUT2D eigenvalue weighted by Crippen LogP contribution is 2.46. The molecule has 7 nitrogen and oxygen atoms in total. The molecule has 4 heterocycles. The number of carbonyl (C=O) groups is 1. The number of fused-ring (bicyclic) bond motifs is 2. The number of anilines is 1. The van der Waals surface area contributed by atoms with Gasteiger partial charge in [0.2, 0.25) is 5.91 Å². The van der Waals surface area contributed by atoms with Crippen LogP contribution in [0, 0.1) is 5.82 Å². The van der Waals surface area contributed by atoms with Crippen molar-refractivity contribution >= 4 is 23.3 Å². The SMILES string of the molecule is C=CC(=O)N1CCN2Cc3c(N4CCCC4C)nc(-c4c(O)cccc4F)c(Cl)c3OC[C@H]2C1. The number of hydrogen-bond acceptors (Lipinski definition) is 6. The quantitative estimate of drug-likeness (QED) is 0.665. The van der Waals surface area contributed by atoms with Gasteiger partial charge in [0.1, 0.15) is 40.5 Å². The molecule has 2 aromatic rings. The van der Waals surface area contributed by atoms with Crippen LogP contribution in [-0.2, 0) is 11.3 Å². The van der Waals surface area contributed by atoms with Crippen molar-refractivity contribution in [2.45, 2.75) is 38.4 Å². The van der Waals surface area contributed by atoms with Gasteiger partial charge in [-0.3, -0.25) is 9.69 Å². The third-order valence-electron chi connectivity index (χ3n) is 7.09. The van der Waals surface area contributed by atoms with Crippen molar-refractivity contribution in [2.24, 2.45) is 0 Å². The summed E-state index contributed by atoms with van der Waals surface area (Å²) in [7, 11) is 0. The highest BCUT2D eigenvalue weighted by molar-refractivity contribution is 6.35. The molecule has 0 saturated carbocycles. The van der Waals surface area contributed by atoms with Gasteiger partial charge in [0.25, 0.3) is 0 Å². The van der Waals surface area contributed by atoms with Crippen LogP contribution in [0.25, 0.3) is 11.3 Å². The second kappa shape index (κ2) is 9.07. The molecule has 180 valence electrons. The van der Waals surface area contributed by atoms with Crippen LogP contribution in [0.5, 0.6) is 11.5 Å². The van der Waals surface area contributed by atoms with Crippen LogP contribution in [0.1, 0.15) is 25.3 Å². The van der Waals surface area contributed by atoms with Crippen LogP contribution in [0.15, 0.2) is 30.9 Å². The number of ether oxygens (including phenoxy) is 1. The number of aromatic nitrogens is 1. The molecule has 2 saturated heterocycles. The second-order valence-corrected chi connectivity index (χ2v) is 9.53. The highest BCUT2D eigenvalue weighted by Gasteiger charge is 2.37. The zero-order chi connectivity index (χ0) is 24.0. The number of pyridine rings is 1. The standard InChI is InChI=1S/C25H28ClFN4O3/c1-3-20(33)30-11-10-29-13-17-24(34-14-16(29)12-30)22(26)23(21-18(27)7-4-8-19(21)32)28-25(17)31-9-5-6-15(31)2/h3-4,7-8,15-16,32H,1,5-6,9-14H2,2H3/t15?,16-/m1/s1. The molecule has 0 aliphatic carbocycles. The molecule has 5 rings (SSSR count). The Labute approximate surface area is 203 Å². The lowest BCUT2D eigenvalue weighted by Crippen LogP contribution is -2.55. The van der Waals surface area contributed by atoms with Crippen molar-refractivity contribution in [3.05, 3.63) is 47.3 Å². The third-order valence-corrected chi connectivity index (χ3v) is 7.45. The van der Waals surface area contributed by atoms with E-state index in [1.54, 1.807) is 4.90 Å². The zero-order valence-corrected chi connectivity index (χ0v) is 19.9. The maximum Gasteiger partial charge on any atom is 0.246 e. The van der Waals surface area contributed by atoms with Crippen molar-refractivity contribution in [2.75, 3.05) is 37.7 Å². The number of hydrogen-bond donors (Lipinski definition) is 1. The zero-order valence-electron chi connectivity index (χ0n) is 19.1. The fourth-order valence-electron chi connectivity index (χ4n) is 5.23. The van der Waals surface area contributed by atoms with Gasteiger partial charge in [-0.2, -0.15) is 0 Å². The van der Waals surface area contributed by atoms with Crippen molar-refractivity contribution in [3.8, 4) is 22.8 Å². The molecule has 2 atom stereocenters. The minimum absolute atomic E-state index is 0.0183. The van der Waals surface area contributed by atoms with E-state index in [0.29, 0.717) is 44.4 Å². The van der Waals surface area contributed by atoms with Crippen LogP contribution < -0.4 is 9.64 Å². The molecule has 0 spiro atoms. The Morgan fingerprint density at radius 3 is 2.88 bits per heavy atom. The van der Waals surface area contributed by atoms with Crippen LogP contribution in [0.3, 0.4) is 0 Å². The van der Waals surface area contributed by atoms with Gasteiger partial charge in [-0.05, 0) is 38.0 Å². The predicted molar refractivity (Wildman–Crippen MR) is 129 cm³/mol. The lowest BCUT2D eigenvalue weighted by molar-refractivity contribution is -0.129. The molecule has 1 N–H and O–H groups in total. The van der Waals surface area contributed by atoms with Gasteiger partial charge in [0, 0.05) is 38.8 Å². The first kappa shape index (κ1) is 22.9. The largest absolute Gasteiger partial charge is 0.507 e. The van der Waals surface area contributed by atoms with E-state index in [4.69, 9.17) is 21.3 Å². The Kier molecular flexibility index (Phi) is 6.12. The minimum Gasteiger partial charge on any atom is -0.507 e. The molecule has 34 heavy (non-hydrogen) atoms. The van der Waals surface area contributed by atoms with E-state index in [9.17, 15) is 14.3 Å². The van der Waals surface area contributed by atoms with E-state index in [1.807, 2.05) is 0 Å². The summed E-state index contributed by atoms with van der Waals surface area (Å²) in [6, 6.07) is 4.39. The second-order valence-electron chi connectivity index (χ2n) is 9.15. The normalized spacial score (nSPS) is 22.6. The first-order valence-corrected chi connectivity index (χ1v) is 12.0. The van der Waals surface area contributed by atoms with E-state index in [0.717, 1.165) is 24.9 Å². The molecule has 1 aromatic carbocycles. The number of phenolic OH excluding ortho intramolecular Hbond substituents is 1. The summed E-state index contributed by atoms with van der Waals surface area (Å²) >= 11 is 6.81. The third kappa shape index (κ3) is 3.88. The summed E-state index contributed by atoms with van der Waals surface area (Å²) in [6.45, 7) is 9.29. The fraction of sp³-hybridized carbons (Fsp3) is 0.440. The Bertz CT molecular complexity index is 1120. The summed E-state index contributed by atoms with van der Waals surface area (Å²) in [5.41, 5.74) is 1.01. The number of amides is 1. The van der Waals surface area contributed by atoms with Crippen molar-refractivity contribution in [3.63, 3.8) is 0 Å². The summed E-state index contributed by atoms with van der Waals surface area (Å²) in [4.78, 5) is 23.3. The van der Waals surface area contributed by atoms with Crippen LogP contribution in [-0.4, -0.2) is 70.7 Å². The molecule has 0 bridgehead atoms. The average Bonchev–Trinajstić information content (AvgIpc) is 3.15. The van der Waals surface area contributed by atoms with E-state index >= 15 is 0 Å². The van der Waals surface area contributed by atoms with Crippen molar-refractivity contribution < 1.29 is 19.0 Å². The Morgan fingerprint density at radius 2 is 2.18 bits per heavy atom. The van der Waals surface area contributed by atoms with Crippen molar-refractivity contribution in [1.82, 2.24) is 14.8 Å². The molecule has 9 heteroatoms. The molecular weight excluding hydrogens is 459 g/mol. The van der Waals surface area contributed by atoms with Gasteiger partial charge in [-0.25, -0.2) is 9.37 Å². The fourth-order valence-corrected chi connectivity index (χ4v) is 5.53. The number of halogens is 2. The molecule has 1 aromatic heterocycles. The first-order chi connectivity index (χ1) is 16.4. The average molecular weight is 487 g/mol. The monoisotopic (exact) mass is 486 g/mol. The molecule has 1 amide bonds. The van der Waals surface area contributed by atoms with Gasteiger partial charge >= 0.3 is 0 Å². The van der Waals surface area contributed by atoms with Crippen LogP contribution in [0.2, 0.25) is 5.02 Å². The van der Waals surface area contributed by atoms with Gasteiger partial charge in [0.05, 0.1) is 17.2 Å². The topological polar surface area (TPSA) is 69.1 Å². The molecule has 3 aliphatic heterocycles. The Hall–Kier alpha value is -2.84. The molecule has 0 radical (unpaired) electrons. The van der Waals surface area contributed by atoms with Crippen LogP contribution >= 0.6 is 11.6 Å². The van der Waals surface area contributed by atoms with Gasteiger partial charge in [-0.1, -0.05) is 24.2 Å². The molecule has 3 aliphatic rings. The van der Waals surface area contributed by atoms with E-state index in [-0.39, 0.29) is 40.0 Å². The number of phenols is 1. The predicted octanol–water partition coefficient (Wildman–Crippen LogP) is 3.83. The molecular formula is C25H28ClFN4O3. The van der Waals surface area contributed by atoms with Gasteiger partial charge in [0.15, 0.2) is 0 Å². The minimum atomic E-state index is -0.598. The smallest absolute Gasteiger partial charge is 0.246 e. The Morgan fingerprint density at radius 1 is 1.35 bits per heavy atom. The lowest BCUT2D eigenvalue weighted by Gasteiger charge is -2.39. The summed E-state index contributed by atoms with van der Waals surface area (Å²) < 4.78 is 21.1. The maximum atomic E-state index is 14.8. The summed E-state index contributed by atoms with van der Waals surface area (Å²) in [6.07, 6.45) is 3.40. The van der Waals surface area contributed by atoms with E-state index < -0.39 is 5.82 Å². The number of carbonyl (C=O) groups excluding carboxylic acids is 1. The lowest BCUT2D eigenvalue weighted by atomic mass is 10.1. The summed E-state index contributed by atoms with van der Waals surface area (Å²) in [5.74, 6) is 0.274. The molecule has 1 unspecified atom stereocenters. The van der Waals surface area contributed by atoms with Gasteiger partial charge in [-0.15, -0.1) is 0 Å². The highest BCUT2D eigenvalue weighted by atomic mass is 35.5. The maximum absolute atomic E-state index is 14.8. The summed E-state index contributed by atoms with van der Waals surface area (Å²) in [5, 5.41) is 10.6. The Balaban J connectivity index is 1.61.